The van der Waals surface area contributed by atoms with Gasteiger partial charge in [-0.2, -0.15) is 0 Å². The highest BCUT2D eigenvalue weighted by atomic mass is 16.6. The van der Waals surface area contributed by atoms with Crippen molar-refractivity contribution in [1.29, 1.82) is 0 Å². The molecule has 1 aromatic carbocycles. The van der Waals surface area contributed by atoms with Crippen LogP contribution in [0, 0.1) is 0 Å². The standard InChI is InChI=1S/C27H44N4O6/c1-21(32)28-16-18-31(17-10-14-25(34)36-20-23-11-7-6-8-12-23)19-24(30-22(2)33)13-9-15-29-26(35)37-27(3,4)5/h6-8,11-12,24H,9-10,13-20H2,1-5H3,(H,28,32)(H,29,35)(H,30,33). The Morgan fingerprint density at radius 2 is 1.62 bits per heavy atom. The number of benzene rings is 1. The van der Waals surface area contributed by atoms with Gasteiger partial charge in [0.1, 0.15) is 12.2 Å². The Morgan fingerprint density at radius 1 is 0.919 bits per heavy atom. The van der Waals surface area contributed by atoms with Gasteiger partial charge in [-0.3, -0.25) is 19.3 Å². The van der Waals surface area contributed by atoms with Crippen molar-refractivity contribution in [3.05, 3.63) is 35.9 Å². The maximum Gasteiger partial charge on any atom is 0.407 e. The monoisotopic (exact) mass is 520 g/mol. The highest BCUT2D eigenvalue weighted by molar-refractivity contribution is 5.73. The van der Waals surface area contributed by atoms with Crippen molar-refractivity contribution in [1.82, 2.24) is 20.9 Å². The van der Waals surface area contributed by atoms with Gasteiger partial charge in [-0.15, -0.1) is 0 Å². The Bertz CT molecular complexity index is 841. The predicted octanol–water partition coefficient (Wildman–Crippen LogP) is 2.76. The van der Waals surface area contributed by atoms with E-state index in [2.05, 4.69) is 20.9 Å². The molecular weight excluding hydrogens is 476 g/mol. The van der Waals surface area contributed by atoms with Crippen molar-refractivity contribution in [2.45, 2.75) is 78.6 Å². The fraction of sp³-hybridized carbons (Fsp3) is 0.630. The van der Waals surface area contributed by atoms with Crippen molar-refractivity contribution in [3.8, 4) is 0 Å². The van der Waals surface area contributed by atoms with Gasteiger partial charge in [0, 0.05) is 52.5 Å². The molecule has 0 bridgehead atoms. The molecule has 0 radical (unpaired) electrons. The summed E-state index contributed by atoms with van der Waals surface area (Å²) in [5, 5.41) is 8.49. The number of ether oxygens (including phenoxy) is 2. The minimum Gasteiger partial charge on any atom is -0.461 e. The zero-order valence-electron chi connectivity index (χ0n) is 22.9. The summed E-state index contributed by atoms with van der Waals surface area (Å²) in [6, 6.07) is 9.36. The van der Waals surface area contributed by atoms with Crippen LogP contribution in [-0.4, -0.2) is 73.1 Å². The lowest BCUT2D eigenvalue weighted by Crippen LogP contribution is -2.46. The number of hydrogen-bond acceptors (Lipinski definition) is 7. The molecule has 0 heterocycles. The highest BCUT2D eigenvalue weighted by Crippen LogP contribution is 2.08. The van der Waals surface area contributed by atoms with Crippen molar-refractivity contribution in [2.24, 2.45) is 0 Å². The molecule has 0 fully saturated rings. The Morgan fingerprint density at radius 3 is 2.24 bits per heavy atom. The molecule has 3 N–H and O–H groups in total. The lowest BCUT2D eigenvalue weighted by Gasteiger charge is -2.28. The molecule has 1 aromatic rings. The molecule has 0 aliphatic carbocycles. The summed E-state index contributed by atoms with van der Waals surface area (Å²) in [4.78, 5) is 49.2. The summed E-state index contributed by atoms with van der Waals surface area (Å²) in [5.74, 6) is -0.523. The molecule has 3 amide bonds. The third kappa shape index (κ3) is 17.9. The van der Waals surface area contributed by atoms with Crippen molar-refractivity contribution < 1.29 is 28.7 Å². The summed E-state index contributed by atoms with van der Waals surface area (Å²) < 4.78 is 10.6. The molecule has 10 nitrogen and oxygen atoms in total. The lowest BCUT2D eigenvalue weighted by molar-refractivity contribution is -0.145. The Labute approximate surface area is 220 Å². The molecule has 208 valence electrons. The van der Waals surface area contributed by atoms with E-state index in [4.69, 9.17) is 9.47 Å². The van der Waals surface area contributed by atoms with E-state index in [1.165, 1.54) is 13.8 Å². The average Bonchev–Trinajstić information content (AvgIpc) is 2.79. The molecule has 1 unspecified atom stereocenters. The second kappa shape index (κ2) is 17.3. The SMILES string of the molecule is CC(=O)NCCN(CCCC(=O)OCc1ccccc1)CC(CCCNC(=O)OC(C)(C)C)NC(C)=O. The summed E-state index contributed by atoms with van der Waals surface area (Å²) in [5.41, 5.74) is 0.373. The summed E-state index contributed by atoms with van der Waals surface area (Å²) >= 11 is 0. The minimum atomic E-state index is -0.564. The number of esters is 1. The van der Waals surface area contributed by atoms with Crippen LogP contribution in [0.2, 0.25) is 0 Å². The largest absolute Gasteiger partial charge is 0.461 e. The summed E-state index contributed by atoms with van der Waals surface area (Å²) in [6.45, 7) is 11.2. The maximum atomic E-state index is 12.2. The van der Waals surface area contributed by atoms with Crippen LogP contribution in [0.25, 0.3) is 0 Å². The van der Waals surface area contributed by atoms with Gasteiger partial charge >= 0.3 is 12.1 Å². The minimum absolute atomic E-state index is 0.115. The fourth-order valence-electron chi connectivity index (χ4n) is 3.60. The predicted molar refractivity (Wildman–Crippen MR) is 142 cm³/mol. The second-order valence-corrected chi connectivity index (χ2v) is 10.0. The van der Waals surface area contributed by atoms with Gasteiger partial charge in [0.05, 0.1) is 0 Å². The fourth-order valence-corrected chi connectivity index (χ4v) is 3.60. The van der Waals surface area contributed by atoms with Gasteiger partial charge in [0.25, 0.3) is 0 Å². The van der Waals surface area contributed by atoms with E-state index in [0.29, 0.717) is 52.0 Å². The number of nitrogens with one attached hydrogen (secondary N) is 3. The number of carbonyl (C=O) groups excluding carboxylic acids is 4. The van der Waals surface area contributed by atoms with Gasteiger partial charge in [0.15, 0.2) is 0 Å². The van der Waals surface area contributed by atoms with E-state index in [0.717, 1.165) is 5.56 Å². The normalized spacial score (nSPS) is 11.9. The van der Waals surface area contributed by atoms with Crippen LogP contribution in [0.1, 0.15) is 65.9 Å². The first-order valence-corrected chi connectivity index (χ1v) is 12.8. The Hall–Kier alpha value is -3.14. The van der Waals surface area contributed by atoms with Gasteiger partial charge in [0.2, 0.25) is 11.8 Å². The molecule has 1 atom stereocenters. The average molecular weight is 521 g/mol. The van der Waals surface area contributed by atoms with Crippen molar-refractivity contribution in [2.75, 3.05) is 32.7 Å². The van der Waals surface area contributed by atoms with E-state index < -0.39 is 11.7 Å². The molecule has 0 saturated heterocycles. The first-order chi connectivity index (χ1) is 17.4. The number of rotatable bonds is 16. The second-order valence-electron chi connectivity index (χ2n) is 10.0. The molecule has 37 heavy (non-hydrogen) atoms. The smallest absolute Gasteiger partial charge is 0.407 e. The number of nitrogens with zero attached hydrogens (tertiary/aromatic N) is 1. The molecular formula is C27H44N4O6. The zero-order valence-corrected chi connectivity index (χ0v) is 22.9. The van der Waals surface area contributed by atoms with Crippen LogP contribution in [-0.2, 0) is 30.5 Å². The van der Waals surface area contributed by atoms with Crippen LogP contribution >= 0.6 is 0 Å². The van der Waals surface area contributed by atoms with Gasteiger partial charge in [-0.25, -0.2) is 4.79 Å². The third-order valence-electron chi connectivity index (χ3n) is 5.18. The van der Waals surface area contributed by atoms with Crippen LogP contribution in [0.3, 0.4) is 0 Å². The van der Waals surface area contributed by atoms with Gasteiger partial charge in [-0.05, 0) is 52.1 Å². The molecule has 0 aliphatic rings. The van der Waals surface area contributed by atoms with E-state index in [-0.39, 0.29) is 36.9 Å². The van der Waals surface area contributed by atoms with E-state index in [1.54, 1.807) is 20.8 Å². The molecule has 1 rings (SSSR count). The number of alkyl carbamates (subject to hydrolysis) is 1. The van der Waals surface area contributed by atoms with E-state index in [1.807, 2.05) is 30.3 Å². The Balaban J connectivity index is 2.56. The molecule has 10 heteroatoms. The van der Waals surface area contributed by atoms with Gasteiger partial charge in [-0.1, -0.05) is 30.3 Å². The van der Waals surface area contributed by atoms with Crippen LogP contribution < -0.4 is 16.0 Å². The third-order valence-corrected chi connectivity index (χ3v) is 5.18. The number of amides is 3. The highest BCUT2D eigenvalue weighted by Gasteiger charge is 2.18. The molecule has 0 saturated carbocycles. The first kappa shape index (κ1) is 31.9. The molecule has 0 aliphatic heterocycles. The zero-order chi connectivity index (χ0) is 27.7. The first-order valence-electron chi connectivity index (χ1n) is 12.8. The van der Waals surface area contributed by atoms with Gasteiger partial charge < -0.3 is 25.4 Å². The quantitative estimate of drug-likeness (QED) is 0.226. The topological polar surface area (TPSA) is 126 Å². The van der Waals surface area contributed by atoms with E-state index >= 15 is 0 Å². The van der Waals surface area contributed by atoms with Crippen LogP contribution in [0.15, 0.2) is 30.3 Å². The maximum absolute atomic E-state index is 12.2. The molecule has 0 aromatic heterocycles. The summed E-state index contributed by atoms with van der Waals surface area (Å²) in [6.07, 6.45) is 1.68. The molecule has 0 spiro atoms. The van der Waals surface area contributed by atoms with Crippen LogP contribution in [0.4, 0.5) is 4.79 Å². The van der Waals surface area contributed by atoms with Crippen LogP contribution in [0.5, 0.6) is 0 Å². The van der Waals surface area contributed by atoms with E-state index in [9.17, 15) is 19.2 Å². The summed E-state index contributed by atoms with van der Waals surface area (Å²) in [7, 11) is 0. The number of carbonyl (C=O) groups is 4. The lowest BCUT2D eigenvalue weighted by atomic mass is 10.1. The van der Waals surface area contributed by atoms with Crippen molar-refractivity contribution >= 4 is 23.9 Å². The Kier molecular flexibility index (Phi) is 14.9. The van der Waals surface area contributed by atoms with Crippen molar-refractivity contribution in [3.63, 3.8) is 0 Å². The number of hydrogen-bond donors (Lipinski definition) is 3.